The van der Waals surface area contributed by atoms with Crippen molar-refractivity contribution in [2.24, 2.45) is 7.05 Å². The van der Waals surface area contributed by atoms with Crippen LogP contribution in [0.2, 0.25) is 0 Å². The van der Waals surface area contributed by atoms with Crippen LogP contribution >= 0.6 is 0 Å². The van der Waals surface area contributed by atoms with E-state index < -0.39 is 18.0 Å². The number of rotatable bonds is 4. The lowest BCUT2D eigenvalue weighted by Crippen LogP contribution is -2.34. The van der Waals surface area contributed by atoms with Gasteiger partial charge >= 0.3 is 0 Å². The third-order valence-electron chi connectivity index (χ3n) is 6.04. The van der Waals surface area contributed by atoms with Gasteiger partial charge in [-0.15, -0.1) is 0 Å². The number of likely N-dealkylation sites (tertiary alicyclic amines) is 1. The van der Waals surface area contributed by atoms with Gasteiger partial charge in [0.05, 0.1) is 16.8 Å². The molecule has 1 unspecified atom stereocenters. The number of aliphatic hydroxyl groups is 1. The molecule has 2 aromatic heterocycles. The lowest BCUT2D eigenvalue weighted by atomic mass is 10.1. The Morgan fingerprint density at radius 3 is 2.61 bits per heavy atom. The van der Waals surface area contributed by atoms with Crippen LogP contribution in [0.15, 0.2) is 42.6 Å². The molecule has 3 heterocycles. The number of halogens is 2. The Labute approximate surface area is 189 Å². The number of fused-ring (bicyclic) bond motifs is 1. The van der Waals surface area contributed by atoms with Crippen LogP contribution in [-0.2, 0) is 7.05 Å². The molecule has 1 atom stereocenters. The van der Waals surface area contributed by atoms with Gasteiger partial charge in [-0.05, 0) is 49.2 Å². The van der Waals surface area contributed by atoms with E-state index in [-0.39, 0.29) is 17.1 Å². The fourth-order valence-electron chi connectivity index (χ4n) is 4.37. The van der Waals surface area contributed by atoms with Crippen LogP contribution in [0.25, 0.3) is 28.0 Å². The second-order valence-electron chi connectivity index (χ2n) is 8.27. The lowest BCUT2D eigenvalue weighted by Gasteiger charge is -2.30. The van der Waals surface area contributed by atoms with E-state index >= 15 is 4.39 Å². The molecule has 1 aliphatic rings. The zero-order chi connectivity index (χ0) is 23.1. The van der Waals surface area contributed by atoms with Crippen LogP contribution in [0.5, 0.6) is 0 Å². The fraction of sp³-hybridized carbons (Fsp3) is 0.292. The molecule has 0 saturated carbocycles. The molecule has 1 saturated heterocycles. The molecule has 2 aromatic carbocycles. The summed E-state index contributed by atoms with van der Waals surface area (Å²) in [7, 11) is 1.80. The number of benzene rings is 2. The van der Waals surface area contributed by atoms with Crippen molar-refractivity contribution < 1.29 is 13.9 Å². The van der Waals surface area contributed by atoms with Crippen molar-refractivity contribution in [1.29, 1.82) is 5.26 Å². The van der Waals surface area contributed by atoms with Crippen molar-refractivity contribution in [3.63, 3.8) is 0 Å². The van der Waals surface area contributed by atoms with Crippen LogP contribution in [0, 0.1) is 23.1 Å². The largest absolute Gasteiger partial charge is 0.372 e. The van der Waals surface area contributed by atoms with Crippen molar-refractivity contribution in [1.82, 2.24) is 24.2 Å². The first-order valence-electron chi connectivity index (χ1n) is 10.8. The average molecular weight is 448 g/mol. The Kier molecular flexibility index (Phi) is 5.40. The maximum atomic E-state index is 15.9. The molecule has 7 nitrogen and oxygen atoms in total. The van der Waals surface area contributed by atoms with Crippen LogP contribution in [0.4, 0.5) is 8.78 Å². The smallest absolute Gasteiger partial charge is 0.225 e. The fourth-order valence-corrected chi connectivity index (χ4v) is 4.37. The number of aryl methyl sites for hydroxylation is 1. The van der Waals surface area contributed by atoms with E-state index in [2.05, 4.69) is 10.1 Å². The predicted molar refractivity (Wildman–Crippen MR) is 118 cm³/mol. The molecule has 1 N–H and O–H groups in total. The molecule has 0 bridgehead atoms. The van der Waals surface area contributed by atoms with Gasteiger partial charge in [-0.2, -0.15) is 14.8 Å². The number of aromatic nitrogens is 4. The Bertz CT molecular complexity index is 1380. The number of piperidine rings is 1. The van der Waals surface area contributed by atoms with E-state index in [1.807, 2.05) is 6.20 Å². The molecule has 0 radical (unpaired) electrons. The van der Waals surface area contributed by atoms with Crippen molar-refractivity contribution in [2.75, 3.05) is 13.1 Å². The molecule has 0 aliphatic carbocycles. The molecule has 1 aliphatic heterocycles. The predicted octanol–water partition coefficient (Wildman–Crippen LogP) is 4.05. The minimum Gasteiger partial charge on any atom is -0.372 e. The highest BCUT2D eigenvalue weighted by molar-refractivity contribution is 5.80. The first-order valence-corrected chi connectivity index (χ1v) is 10.8. The molecule has 33 heavy (non-hydrogen) atoms. The summed E-state index contributed by atoms with van der Waals surface area (Å²) in [6.07, 6.45) is 3.52. The number of aliphatic hydroxyl groups excluding tert-OH is 1. The van der Waals surface area contributed by atoms with Gasteiger partial charge in [-0.3, -0.25) is 14.1 Å². The number of hydrogen-bond donors (Lipinski definition) is 1. The maximum Gasteiger partial charge on any atom is 0.225 e. The Hall–Kier alpha value is -3.61. The first-order chi connectivity index (χ1) is 16.0. The second kappa shape index (κ2) is 8.39. The van der Waals surface area contributed by atoms with E-state index in [4.69, 9.17) is 5.26 Å². The summed E-state index contributed by atoms with van der Waals surface area (Å²) >= 11 is 0. The number of nitriles is 1. The zero-order valence-corrected chi connectivity index (χ0v) is 18.0. The minimum absolute atomic E-state index is 0.108. The van der Waals surface area contributed by atoms with Crippen molar-refractivity contribution in [3.05, 3.63) is 65.6 Å². The van der Waals surface area contributed by atoms with Gasteiger partial charge in [-0.25, -0.2) is 9.37 Å². The summed E-state index contributed by atoms with van der Waals surface area (Å²) in [6, 6.07) is 11.1. The standard InChI is InChI=1S/C24H22F2N6O/c1-30-14-17-11-18(7-8-20(17)29-30)32-22(26)21(24(33)31-9-3-2-4-10-31)28-23(32)15-5-6-16(13-27)19(25)12-15/h5-8,11-12,14,24,33H,2-4,9-10H2,1H3. The van der Waals surface area contributed by atoms with E-state index in [0.717, 1.165) is 36.2 Å². The topological polar surface area (TPSA) is 82.9 Å². The summed E-state index contributed by atoms with van der Waals surface area (Å²) in [6.45, 7) is 1.30. The molecule has 168 valence electrons. The van der Waals surface area contributed by atoms with Crippen molar-refractivity contribution >= 4 is 10.9 Å². The minimum atomic E-state index is -1.21. The second-order valence-corrected chi connectivity index (χ2v) is 8.27. The summed E-state index contributed by atoms with van der Waals surface area (Å²) < 4.78 is 33.2. The van der Waals surface area contributed by atoms with Crippen molar-refractivity contribution in [2.45, 2.75) is 25.5 Å². The lowest BCUT2D eigenvalue weighted by molar-refractivity contribution is -0.0152. The van der Waals surface area contributed by atoms with Crippen LogP contribution in [0.3, 0.4) is 0 Å². The molecule has 1 fully saturated rings. The van der Waals surface area contributed by atoms with E-state index in [1.54, 1.807) is 40.9 Å². The third-order valence-corrected chi connectivity index (χ3v) is 6.04. The summed E-state index contributed by atoms with van der Waals surface area (Å²) in [5, 5.41) is 25.2. The Morgan fingerprint density at radius 1 is 1.09 bits per heavy atom. The highest BCUT2D eigenvalue weighted by Crippen LogP contribution is 2.32. The Balaban J connectivity index is 1.68. The SMILES string of the molecule is Cn1cc2cc(-n3c(-c4ccc(C#N)c(F)c4)nc(C(O)N4CCCCC4)c3F)ccc2n1. The number of imidazole rings is 1. The van der Waals surface area contributed by atoms with Gasteiger partial charge in [0, 0.05) is 37.3 Å². The third kappa shape index (κ3) is 3.77. The number of nitrogens with zero attached hydrogens (tertiary/aromatic N) is 6. The molecular weight excluding hydrogens is 426 g/mol. The average Bonchev–Trinajstić information content (AvgIpc) is 3.37. The molecule has 0 amide bonds. The summed E-state index contributed by atoms with van der Waals surface area (Å²) in [5.41, 5.74) is 1.30. The molecule has 5 rings (SSSR count). The summed E-state index contributed by atoms with van der Waals surface area (Å²) in [5.74, 6) is -1.29. The normalized spacial score (nSPS) is 15.6. The van der Waals surface area contributed by atoms with Crippen molar-refractivity contribution in [3.8, 4) is 23.1 Å². The van der Waals surface area contributed by atoms with Gasteiger partial charge in [-0.1, -0.05) is 6.42 Å². The van der Waals surface area contributed by atoms with Gasteiger partial charge in [0.2, 0.25) is 5.95 Å². The monoisotopic (exact) mass is 448 g/mol. The Morgan fingerprint density at radius 2 is 1.88 bits per heavy atom. The quantitative estimate of drug-likeness (QED) is 0.509. The van der Waals surface area contributed by atoms with Gasteiger partial charge in [0.15, 0.2) is 6.23 Å². The van der Waals surface area contributed by atoms with Gasteiger partial charge in [0.1, 0.15) is 23.4 Å². The van der Waals surface area contributed by atoms with Crippen LogP contribution in [-0.4, -0.2) is 42.4 Å². The van der Waals surface area contributed by atoms with Crippen LogP contribution in [0.1, 0.15) is 36.7 Å². The van der Waals surface area contributed by atoms with E-state index in [1.165, 1.54) is 16.7 Å². The molecule has 0 spiro atoms. The first kappa shape index (κ1) is 21.2. The maximum absolute atomic E-state index is 15.9. The molecule has 9 heteroatoms. The highest BCUT2D eigenvalue weighted by atomic mass is 19.1. The van der Waals surface area contributed by atoms with Crippen LogP contribution < -0.4 is 0 Å². The molecule has 4 aromatic rings. The van der Waals surface area contributed by atoms with E-state index in [9.17, 15) is 9.50 Å². The molecular formula is C24H22F2N6O. The van der Waals surface area contributed by atoms with Gasteiger partial charge < -0.3 is 5.11 Å². The summed E-state index contributed by atoms with van der Waals surface area (Å²) in [4.78, 5) is 6.24. The van der Waals surface area contributed by atoms with Gasteiger partial charge in [0.25, 0.3) is 0 Å². The van der Waals surface area contributed by atoms with E-state index in [0.29, 0.717) is 24.3 Å². The number of hydrogen-bond acceptors (Lipinski definition) is 5. The highest BCUT2D eigenvalue weighted by Gasteiger charge is 2.29. The zero-order valence-electron chi connectivity index (χ0n) is 18.0.